The summed E-state index contributed by atoms with van der Waals surface area (Å²) in [4.78, 5) is 11.6. The first-order valence-corrected chi connectivity index (χ1v) is 17.8. The number of aryl methyl sites for hydroxylation is 2. The molecule has 0 unspecified atom stereocenters. The molecule has 0 saturated carbocycles. The molecule has 9 heteroatoms. The molecule has 0 aliphatic carbocycles. The molecule has 37 heavy (non-hydrogen) atoms. The summed E-state index contributed by atoms with van der Waals surface area (Å²) < 4.78 is 41.1. The Kier molecular flexibility index (Phi) is 9.50. The highest BCUT2D eigenvalue weighted by Crippen LogP contribution is 2.36. The van der Waals surface area contributed by atoms with Gasteiger partial charge in [-0.05, 0) is 56.0 Å². The van der Waals surface area contributed by atoms with Gasteiger partial charge in [-0.2, -0.15) is 0 Å². The van der Waals surface area contributed by atoms with Gasteiger partial charge < -0.3 is 9.26 Å². The Bertz CT molecular complexity index is 1330. The van der Waals surface area contributed by atoms with Gasteiger partial charge in [0.25, 0.3) is 10.0 Å². The Balaban J connectivity index is 2.10. The second-order valence-electron chi connectivity index (χ2n) is 10.5. The lowest BCUT2D eigenvalue weighted by Crippen LogP contribution is -2.34. The van der Waals surface area contributed by atoms with Crippen LogP contribution in [0.3, 0.4) is 0 Å². The summed E-state index contributed by atoms with van der Waals surface area (Å²) in [6.07, 6.45) is 3.47. The Labute approximate surface area is 221 Å². The number of hydrogen-bond acceptors (Lipinski definition) is 6. The van der Waals surface area contributed by atoms with Gasteiger partial charge in [0.15, 0.2) is 0 Å². The fourth-order valence-electron chi connectivity index (χ4n) is 3.96. The van der Waals surface area contributed by atoms with Gasteiger partial charge >= 0.3 is 0 Å². The number of ether oxygens (including phenoxy) is 1. The topological polar surface area (TPSA) is 89.7 Å². The van der Waals surface area contributed by atoms with Gasteiger partial charge in [-0.3, -0.25) is 4.79 Å². The molecule has 0 bridgehead atoms. The Morgan fingerprint density at radius 3 is 2.43 bits per heavy atom. The molecule has 7 nitrogen and oxygen atoms in total. The average molecular weight is 543 g/mol. The molecule has 0 atom stereocenters. The van der Waals surface area contributed by atoms with Crippen LogP contribution in [0.25, 0.3) is 11.1 Å². The minimum Gasteiger partial charge on any atom is -0.360 e. The predicted molar refractivity (Wildman–Crippen MR) is 150 cm³/mol. The second kappa shape index (κ2) is 12.2. The van der Waals surface area contributed by atoms with Gasteiger partial charge in [-0.1, -0.05) is 68.5 Å². The van der Waals surface area contributed by atoms with Crippen molar-refractivity contribution in [1.82, 2.24) is 5.16 Å². The smallest absolute Gasteiger partial charge is 0.269 e. The van der Waals surface area contributed by atoms with Crippen molar-refractivity contribution in [2.75, 3.05) is 17.6 Å². The summed E-state index contributed by atoms with van der Waals surface area (Å²) in [7, 11) is -5.45. The Hall–Kier alpha value is -2.75. The van der Waals surface area contributed by atoms with Crippen molar-refractivity contribution in [3.63, 3.8) is 0 Å². The predicted octanol–water partition coefficient (Wildman–Crippen LogP) is 6.62. The van der Waals surface area contributed by atoms with E-state index in [9.17, 15) is 13.2 Å². The molecule has 1 aromatic heterocycles. The third kappa shape index (κ3) is 6.97. The zero-order chi connectivity index (χ0) is 27.2. The molecule has 0 fully saturated rings. The van der Waals surface area contributed by atoms with Crippen LogP contribution < -0.4 is 4.31 Å². The van der Waals surface area contributed by atoms with Crippen LogP contribution in [0.15, 0.2) is 51.9 Å². The molecule has 0 radical (unpaired) electrons. The molecule has 0 N–H and O–H groups in total. The van der Waals surface area contributed by atoms with Crippen LogP contribution in [0.2, 0.25) is 25.7 Å². The van der Waals surface area contributed by atoms with Gasteiger partial charge in [0.2, 0.25) is 5.88 Å². The number of carbonyl (C=O) groups is 1. The molecule has 1 heterocycles. The molecular weight excluding hydrogens is 504 g/mol. The molecule has 0 aliphatic rings. The highest BCUT2D eigenvalue weighted by molar-refractivity contribution is 7.93. The summed E-state index contributed by atoms with van der Waals surface area (Å²) >= 11 is 0. The number of aldehydes is 1. The first-order chi connectivity index (χ1) is 17.5. The third-order valence-electron chi connectivity index (χ3n) is 6.37. The molecule has 0 amide bonds. The van der Waals surface area contributed by atoms with Crippen LogP contribution in [-0.4, -0.2) is 41.3 Å². The zero-order valence-electron chi connectivity index (χ0n) is 22.7. The van der Waals surface area contributed by atoms with Gasteiger partial charge in [0.05, 0.1) is 10.6 Å². The minimum absolute atomic E-state index is 0.147. The number of benzene rings is 2. The molecule has 200 valence electrons. The normalized spacial score (nSPS) is 12.1. The molecule has 0 spiro atoms. The van der Waals surface area contributed by atoms with Gasteiger partial charge in [-0.25, -0.2) is 12.7 Å². The van der Waals surface area contributed by atoms with Crippen LogP contribution in [0.1, 0.15) is 46.9 Å². The summed E-state index contributed by atoms with van der Waals surface area (Å²) in [6.45, 7) is 12.7. The van der Waals surface area contributed by atoms with E-state index in [4.69, 9.17) is 9.26 Å². The van der Waals surface area contributed by atoms with E-state index in [1.807, 2.05) is 18.2 Å². The van der Waals surface area contributed by atoms with Crippen molar-refractivity contribution in [3.05, 3.63) is 64.8 Å². The maximum absolute atomic E-state index is 14.2. The molecule has 3 rings (SSSR count). The molecule has 0 aliphatic heterocycles. The highest BCUT2D eigenvalue weighted by atomic mass is 32.2. The highest BCUT2D eigenvalue weighted by Gasteiger charge is 2.32. The van der Waals surface area contributed by atoms with E-state index >= 15 is 0 Å². The van der Waals surface area contributed by atoms with Gasteiger partial charge in [-0.15, -0.1) is 0 Å². The van der Waals surface area contributed by atoms with Crippen LogP contribution >= 0.6 is 0 Å². The molecular formula is C28H38N2O5SSi. The average Bonchev–Trinajstić information content (AvgIpc) is 3.19. The van der Waals surface area contributed by atoms with E-state index in [0.29, 0.717) is 29.0 Å². The van der Waals surface area contributed by atoms with E-state index < -0.39 is 18.1 Å². The monoisotopic (exact) mass is 542 g/mol. The first-order valence-electron chi connectivity index (χ1n) is 12.7. The van der Waals surface area contributed by atoms with E-state index in [1.165, 1.54) is 4.31 Å². The van der Waals surface area contributed by atoms with Crippen molar-refractivity contribution < 1.29 is 22.5 Å². The fourth-order valence-corrected chi connectivity index (χ4v) is 6.26. The number of hydrogen-bond donors (Lipinski definition) is 0. The lowest BCUT2D eigenvalue weighted by molar-refractivity contribution is 0.112. The van der Waals surface area contributed by atoms with Crippen LogP contribution in [-0.2, 0) is 21.2 Å². The minimum atomic E-state index is -4.09. The third-order valence-corrected chi connectivity index (χ3v) is 9.84. The number of anilines is 1. The molecule has 2 aromatic carbocycles. The summed E-state index contributed by atoms with van der Waals surface area (Å²) in [5.41, 5.74) is 4.15. The maximum atomic E-state index is 14.2. The van der Waals surface area contributed by atoms with Crippen molar-refractivity contribution in [2.24, 2.45) is 0 Å². The van der Waals surface area contributed by atoms with Gasteiger partial charge in [0.1, 0.15) is 13.0 Å². The van der Waals surface area contributed by atoms with Crippen LogP contribution in [0.4, 0.5) is 5.88 Å². The fraction of sp³-hybridized carbons (Fsp3) is 0.429. The number of unbranched alkanes of at least 4 members (excludes halogenated alkanes) is 1. The zero-order valence-corrected chi connectivity index (χ0v) is 24.5. The molecule has 3 aromatic rings. The van der Waals surface area contributed by atoms with E-state index in [-0.39, 0.29) is 17.5 Å². The van der Waals surface area contributed by atoms with E-state index in [2.05, 4.69) is 31.7 Å². The van der Waals surface area contributed by atoms with Crippen LogP contribution in [0.5, 0.6) is 0 Å². The first kappa shape index (κ1) is 28.8. The summed E-state index contributed by atoms with van der Waals surface area (Å²) in [5, 5.41) is 4.00. The Morgan fingerprint density at radius 2 is 1.81 bits per heavy atom. The van der Waals surface area contributed by atoms with Crippen molar-refractivity contribution >= 4 is 30.3 Å². The number of rotatable bonds is 13. The standard InChI is InChI=1S/C28H38N2O5SSi/c1-7-8-11-24-18-23(19-31)14-15-25(24)26-12-9-10-13-27(26)36(32,33)30(20-34-16-17-37(4,5)6)28-21(2)22(3)29-35-28/h9-10,12-15,18-19H,7-8,11,16-17,20H2,1-6H3. The molecule has 0 saturated heterocycles. The lowest BCUT2D eigenvalue weighted by atomic mass is 9.94. The van der Waals surface area contributed by atoms with Crippen molar-refractivity contribution in [3.8, 4) is 11.1 Å². The largest absolute Gasteiger partial charge is 0.360 e. The number of sulfonamides is 1. The number of carbonyl (C=O) groups excluding carboxylic acids is 1. The lowest BCUT2D eigenvalue weighted by Gasteiger charge is -2.24. The van der Waals surface area contributed by atoms with Crippen molar-refractivity contribution in [2.45, 2.75) is 70.6 Å². The van der Waals surface area contributed by atoms with Crippen LogP contribution in [0, 0.1) is 13.8 Å². The number of aromatic nitrogens is 1. The summed E-state index contributed by atoms with van der Waals surface area (Å²) in [6, 6.07) is 13.3. The summed E-state index contributed by atoms with van der Waals surface area (Å²) in [5.74, 6) is 0.155. The quantitative estimate of drug-likeness (QED) is 0.104. The van der Waals surface area contributed by atoms with Crippen molar-refractivity contribution in [1.29, 1.82) is 0 Å². The van der Waals surface area contributed by atoms with E-state index in [1.54, 1.807) is 38.1 Å². The SMILES string of the molecule is CCCCc1cc(C=O)ccc1-c1ccccc1S(=O)(=O)N(COCC[Si](C)(C)C)c1onc(C)c1C. The number of nitrogens with zero attached hydrogens (tertiary/aromatic N) is 2. The maximum Gasteiger partial charge on any atom is 0.269 e. The van der Waals surface area contributed by atoms with Gasteiger partial charge in [0, 0.05) is 31.4 Å². The van der Waals surface area contributed by atoms with E-state index in [0.717, 1.165) is 42.7 Å². The Morgan fingerprint density at radius 1 is 1.08 bits per heavy atom. The second-order valence-corrected chi connectivity index (χ2v) is 18.0.